The van der Waals surface area contributed by atoms with Crippen molar-refractivity contribution in [2.24, 2.45) is 0 Å². The van der Waals surface area contributed by atoms with Gasteiger partial charge in [0.05, 0.1) is 13.5 Å². The Morgan fingerprint density at radius 1 is 1.39 bits per heavy atom. The average molecular weight is 322 g/mol. The molecule has 0 bridgehead atoms. The molecule has 0 aliphatic carbocycles. The first-order chi connectivity index (χ1) is 11.0. The van der Waals surface area contributed by atoms with Crippen LogP contribution in [0.2, 0.25) is 0 Å². The summed E-state index contributed by atoms with van der Waals surface area (Å²) in [7, 11) is 1.31. The van der Waals surface area contributed by atoms with Gasteiger partial charge in [-0.3, -0.25) is 9.59 Å². The number of carbonyl (C=O) groups is 2. The summed E-state index contributed by atoms with van der Waals surface area (Å²) in [5.74, 6) is -0.763. The van der Waals surface area contributed by atoms with E-state index in [2.05, 4.69) is 15.0 Å². The van der Waals surface area contributed by atoms with E-state index in [0.29, 0.717) is 6.54 Å². The van der Waals surface area contributed by atoms with Gasteiger partial charge in [-0.05, 0) is 43.5 Å². The van der Waals surface area contributed by atoms with E-state index in [1.54, 1.807) is 6.07 Å². The maximum Gasteiger partial charge on any atom is 0.306 e. The largest absolute Gasteiger partial charge is 0.469 e. The highest BCUT2D eigenvalue weighted by molar-refractivity contribution is 5.81. The van der Waals surface area contributed by atoms with Crippen molar-refractivity contribution in [2.45, 2.75) is 38.6 Å². The highest BCUT2D eigenvalue weighted by Gasteiger charge is 2.22. The van der Waals surface area contributed by atoms with Crippen LogP contribution in [0.1, 0.15) is 31.2 Å². The van der Waals surface area contributed by atoms with Gasteiger partial charge in [-0.25, -0.2) is 4.39 Å². The Labute approximate surface area is 135 Å². The van der Waals surface area contributed by atoms with Crippen molar-refractivity contribution >= 4 is 17.6 Å². The van der Waals surface area contributed by atoms with E-state index in [0.717, 1.165) is 30.6 Å². The van der Waals surface area contributed by atoms with E-state index in [1.807, 2.05) is 6.92 Å². The molecule has 23 heavy (non-hydrogen) atoms. The first-order valence-electron chi connectivity index (χ1n) is 7.87. The molecule has 0 aromatic heterocycles. The van der Waals surface area contributed by atoms with Crippen molar-refractivity contribution in [1.82, 2.24) is 5.32 Å². The summed E-state index contributed by atoms with van der Waals surface area (Å²) in [6, 6.07) is 4.80. The molecule has 6 heteroatoms. The maximum atomic E-state index is 13.2. The topological polar surface area (TPSA) is 58.6 Å². The summed E-state index contributed by atoms with van der Waals surface area (Å²) in [6.07, 6.45) is 2.09. The second-order valence-corrected chi connectivity index (χ2v) is 5.86. The summed E-state index contributed by atoms with van der Waals surface area (Å²) in [5, 5.41) is 2.97. The Bertz CT molecular complexity index is 577. The van der Waals surface area contributed by atoms with E-state index in [-0.39, 0.29) is 36.6 Å². The number of benzene rings is 1. The van der Waals surface area contributed by atoms with Crippen LogP contribution in [0.15, 0.2) is 18.2 Å². The fraction of sp³-hybridized carbons (Fsp3) is 0.529. The molecule has 1 aliphatic heterocycles. The number of methoxy groups -OCH3 is 1. The smallest absolute Gasteiger partial charge is 0.306 e. The predicted molar refractivity (Wildman–Crippen MR) is 85.8 cm³/mol. The van der Waals surface area contributed by atoms with Crippen LogP contribution in [0.4, 0.5) is 10.1 Å². The number of aryl methyl sites for hydroxylation is 1. The average Bonchev–Trinajstić information content (AvgIpc) is 2.52. The molecule has 5 nitrogen and oxygen atoms in total. The quantitative estimate of drug-likeness (QED) is 0.844. The fourth-order valence-electron chi connectivity index (χ4n) is 2.90. The number of anilines is 1. The van der Waals surface area contributed by atoms with E-state index >= 15 is 0 Å². The molecule has 1 aliphatic rings. The van der Waals surface area contributed by atoms with Crippen molar-refractivity contribution in [3.8, 4) is 0 Å². The Kier molecular flexibility index (Phi) is 5.96. The lowest BCUT2D eigenvalue weighted by atomic mass is 10.0. The molecule has 1 amide bonds. The van der Waals surface area contributed by atoms with Crippen LogP contribution in [0.3, 0.4) is 0 Å². The SMILES string of the molecule is COC(=O)CCC(=O)NC1CCCN(c2ccc(F)cc2C)C1. The molecule has 0 radical (unpaired) electrons. The number of ether oxygens (including phenoxy) is 1. The molecule has 1 unspecified atom stereocenters. The molecule has 1 aromatic rings. The van der Waals surface area contributed by atoms with Crippen LogP contribution in [-0.4, -0.2) is 38.1 Å². The predicted octanol–water partition coefficient (Wildman–Crippen LogP) is 2.17. The number of hydrogen-bond donors (Lipinski definition) is 1. The minimum atomic E-state index is -0.382. The van der Waals surface area contributed by atoms with Gasteiger partial charge in [0.2, 0.25) is 5.91 Å². The van der Waals surface area contributed by atoms with E-state index < -0.39 is 0 Å². The van der Waals surface area contributed by atoms with Crippen molar-refractivity contribution in [3.05, 3.63) is 29.6 Å². The Morgan fingerprint density at radius 3 is 2.87 bits per heavy atom. The Balaban J connectivity index is 1.90. The number of amides is 1. The van der Waals surface area contributed by atoms with Crippen LogP contribution < -0.4 is 10.2 Å². The third kappa shape index (κ3) is 4.94. The molecule has 1 atom stereocenters. The Hall–Kier alpha value is -2.11. The van der Waals surface area contributed by atoms with Crippen molar-refractivity contribution in [3.63, 3.8) is 0 Å². The van der Waals surface area contributed by atoms with Crippen LogP contribution in [-0.2, 0) is 14.3 Å². The summed E-state index contributed by atoms with van der Waals surface area (Å²) in [5.41, 5.74) is 1.89. The molecule has 1 fully saturated rings. The van der Waals surface area contributed by atoms with Gasteiger partial charge in [0, 0.05) is 31.2 Å². The lowest BCUT2D eigenvalue weighted by Gasteiger charge is -2.35. The third-order valence-corrected chi connectivity index (χ3v) is 4.07. The van der Waals surface area contributed by atoms with Crippen molar-refractivity contribution in [1.29, 1.82) is 0 Å². The molecular formula is C17H23FN2O3. The van der Waals surface area contributed by atoms with Gasteiger partial charge < -0.3 is 15.0 Å². The van der Waals surface area contributed by atoms with Gasteiger partial charge in [0.25, 0.3) is 0 Å². The van der Waals surface area contributed by atoms with Crippen LogP contribution >= 0.6 is 0 Å². The normalized spacial score (nSPS) is 17.7. The standard InChI is InChI=1S/C17H23FN2O3/c1-12-10-13(18)5-6-15(12)20-9-3-4-14(11-20)19-16(21)7-8-17(22)23-2/h5-6,10,14H,3-4,7-9,11H2,1-2H3,(H,19,21). The molecule has 0 saturated carbocycles. The molecule has 1 saturated heterocycles. The lowest BCUT2D eigenvalue weighted by Crippen LogP contribution is -2.48. The van der Waals surface area contributed by atoms with Crippen LogP contribution in [0, 0.1) is 12.7 Å². The van der Waals surface area contributed by atoms with Gasteiger partial charge in [-0.1, -0.05) is 0 Å². The fourth-order valence-corrected chi connectivity index (χ4v) is 2.90. The van der Waals surface area contributed by atoms with Crippen molar-refractivity contribution < 1.29 is 18.7 Å². The molecule has 1 aromatic carbocycles. The van der Waals surface area contributed by atoms with Gasteiger partial charge in [-0.2, -0.15) is 0 Å². The third-order valence-electron chi connectivity index (χ3n) is 4.07. The highest BCUT2D eigenvalue weighted by atomic mass is 19.1. The number of rotatable bonds is 5. The summed E-state index contributed by atoms with van der Waals surface area (Å²) in [4.78, 5) is 25.1. The number of halogens is 1. The number of piperidine rings is 1. The molecule has 1 heterocycles. The minimum Gasteiger partial charge on any atom is -0.469 e. The summed E-state index contributed by atoms with van der Waals surface area (Å²) >= 11 is 0. The Morgan fingerprint density at radius 2 is 2.17 bits per heavy atom. The van der Waals surface area contributed by atoms with Gasteiger partial charge >= 0.3 is 5.97 Å². The zero-order valence-electron chi connectivity index (χ0n) is 13.6. The number of nitrogens with zero attached hydrogens (tertiary/aromatic N) is 1. The minimum absolute atomic E-state index is 0.0401. The lowest BCUT2D eigenvalue weighted by molar-refractivity contribution is -0.142. The second-order valence-electron chi connectivity index (χ2n) is 5.86. The maximum absolute atomic E-state index is 13.2. The first kappa shape index (κ1) is 17.2. The summed E-state index contributed by atoms with van der Waals surface area (Å²) in [6.45, 7) is 3.47. The van der Waals surface area contributed by atoms with E-state index in [9.17, 15) is 14.0 Å². The number of hydrogen-bond acceptors (Lipinski definition) is 4. The van der Waals surface area contributed by atoms with Crippen molar-refractivity contribution in [2.75, 3.05) is 25.1 Å². The molecule has 1 N–H and O–H groups in total. The molecule has 0 spiro atoms. The van der Waals surface area contributed by atoms with Gasteiger partial charge in [0.1, 0.15) is 5.82 Å². The highest BCUT2D eigenvalue weighted by Crippen LogP contribution is 2.24. The van der Waals surface area contributed by atoms with E-state index in [4.69, 9.17) is 0 Å². The second kappa shape index (κ2) is 7.94. The van der Waals surface area contributed by atoms with Gasteiger partial charge in [-0.15, -0.1) is 0 Å². The number of carbonyl (C=O) groups excluding carboxylic acids is 2. The number of esters is 1. The van der Waals surface area contributed by atoms with E-state index in [1.165, 1.54) is 19.2 Å². The molecule has 126 valence electrons. The molecule has 2 rings (SSSR count). The number of nitrogens with one attached hydrogen (secondary N) is 1. The van der Waals surface area contributed by atoms with Gasteiger partial charge in [0.15, 0.2) is 0 Å². The monoisotopic (exact) mass is 322 g/mol. The zero-order valence-corrected chi connectivity index (χ0v) is 13.6. The zero-order chi connectivity index (χ0) is 16.8. The molecular weight excluding hydrogens is 299 g/mol. The van der Waals surface area contributed by atoms with Crippen LogP contribution in [0.25, 0.3) is 0 Å². The van der Waals surface area contributed by atoms with Crippen LogP contribution in [0.5, 0.6) is 0 Å². The first-order valence-corrected chi connectivity index (χ1v) is 7.87. The summed E-state index contributed by atoms with van der Waals surface area (Å²) < 4.78 is 17.8.